The number of tetrazole rings is 1. The van der Waals surface area contributed by atoms with Gasteiger partial charge in [-0.05, 0) is 60.2 Å². The predicted molar refractivity (Wildman–Crippen MR) is 120 cm³/mol. The molecule has 0 aliphatic rings. The number of ketones is 1. The van der Waals surface area contributed by atoms with Gasteiger partial charge in [0.2, 0.25) is 0 Å². The average molecular weight is 438 g/mol. The monoisotopic (exact) mass is 437 g/mol. The molecule has 2 aromatic carbocycles. The van der Waals surface area contributed by atoms with Gasteiger partial charge in [0.15, 0.2) is 5.78 Å². The summed E-state index contributed by atoms with van der Waals surface area (Å²) >= 11 is 0. The number of Topliss-reactive ketones (excluding diaryl/α,β-unsaturated/α-hetero) is 1. The van der Waals surface area contributed by atoms with Gasteiger partial charge in [-0.1, -0.05) is 6.07 Å². The van der Waals surface area contributed by atoms with Gasteiger partial charge < -0.3 is 14.4 Å². The Labute approximate surface area is 186 Å². The molecule has 0 aliphatic heterocycles. The Bertz CT molecular complexity index is 1220. The Balaban J connectivity index is 1.88. The van der Waals surface area contributed by atoms with Crippen molar-refractivity contribution in [1.29, 1.82) is 0 Å². The van der Waals surface area contributed by atoms with Crippen LogP contribution in [-0.4, -0.2) is 51.7 Å². The predicted octanol–water partition coefficient (Wildman–Crippen LogP) is 2.51. The smallest absolute Gasteiger partial charge is 0.368 e. The SMILES string of the molecule is COc1cccc(-n2nnn(C)c2=O)c1COc1ccc(C(=O)C(C)=CN(C)C)cc1C. The fourth-order valence-electron chi connectivity index (χ4n) is 3.33. The van der Waals surface area contributed by atoms with Crippen LogP contribution in [0.25, 0.3) is 5.69 Å². The summed E-state index contributed by atoms with van der Waals surface area (Å²) in [6.45, 7) is 3.81. The first-order chi connectivity index (χ1) is 15.2. The molecule has 1 aromatic heterocycles. The van der Waals surface area contributed by atoms with Gasteiger partial charge in [0.05, 0.1) is 18.4 Å². The van der Waals surface area contributed by atoms with Crippen molar-refractivity contribution in [2.75, 3.05) is 21.2 Å². The van der Waals surface area contributed by atoms with E-state index < -0.39 is 0 Å². The minimum absolute atomic E-state index is 0.0395. The maximum absolute atomic E-state index is 12.6. The Hall–Kier alpha value is -3.88. The molecule has 0 N–H and O–H groups in total. The molecule has 0 saturated heterocycles. The first-order valence-corrected chi connectivity index (χ1v) is 10.0. The lowest BCUT2D eigenvalue weighted by molar-refractivity contribution is 0.103. The fraction of sp³-hybridized carbons (Fsp3) is 0.304. The Morgan fingerprint density at radius 3 is 2.50 bits per heavy atom. The second-order valence-corrected chi connectivity index (χ2v) is 7.63. The summed E-state index contributed by atoms with van der Waals surface area (Å²) in [5.41, 5.74) is 2.87. The van der Waals surface area contributed by atoms with E-state index in [1.807, 2.05) is 25.9 Å². The van der Waals surface area contributed by atoms with Crippen LogP contribution in [0.15, 0.2) is 53.0 Å². The van der Waals surface area contributed by atoms with Crippen LogP contribution in [0, 0.1) is 6.92 Å². The third-order valence-electron chi connectivity index (χ3n) is 4.90. The van der Waals surface area contributed by atoms with E-state index in [0.717, 1.165) is 10.2 Å². The van der Waals surface area contributed by atoms with E-state index in [1.54, 1.807) is 56.6 Å². The number of methoxy groups -OCH3 is 1. The lowest BCUT2D eigenvalue weighted by atomic mass is 10.0. The topological polar surface area (TPSA) is 91.5 Å². The van der Waals surface area contributed by atoms with Crippen LogP contribution < -0.4 is 15.2 Å². The number of carbonyl (C=O) groups excluding carboxylic acids is 1. The molecule has 9 nitrogen and oxygen atoms in total. The molecule has 0 atom stereocenters. The van der Waals surface area contributed by atoms with E-state index in [1.165, 1.54) is 11.7 Å². The van der Waals surface area contributed by atoms with E-state index in [4.69, 9.17) is 9.47 Å². The van der Waals surface area contributed by atoms with E-state index in [-0.39, 0.29) is 18.1 Å². The molecular formula is C23H27N5O4. The van der Waals surface area contributed by atoms with Crippen molar-refractivity contribution in [3.63, 3.8) is 0 Å². The molecule has 168 valence electrons. The van der Waals surface area contributed by atoms with Crippen LogP contribution in [0.1, 0.15) is 28.4 Å². The average Bonchev–Trinajstić information content (AvgIpc) is 3.09. The van der Waals surface area contributed by atoms with E-state index in [2.05, 4.69) is 10.4 Å². The van der Waals surface area contributed by atoms with Crippen molar-refractivity contribution in [1.82, 2.24) is 24.7 Å². The highest BCUT2D eigenvalue weighted by molar-refractivity contribution is 6.08. The van der Waals surface area contributed by atoms with Crippen LogP contribution in [0.4, 0.5) is 0 Å². The lowest BCUT2D eigenvalue weighted by Gasteiger charge is -2.15. The molecule has 0 unspecified atom stereocenters. The number of aromatic nitrogens is 4. The van der Waals surface area contributed by atoms with Crippen molar-refractivity contribution in [2.24, 2.45) is 7.05 Å². The number of nitrogens with zero attached hydrogens (tertiary/aromatic N) is 5. The third-order valence-corrected chi connectivity index (χ3v) is 4.90. The van der Waals surface area contributed by atoms with Gasteiger partial charge in [-0.25, -0.2) is 4.79 Å². The van der Waals surface area contributed by atoms with E-state index in [9.17, 15) is 9.59 Å². The highest BCUT2D eigenvalue weighted by Gasteiger charge is 2.17. The van der Waals surface area contributed by atoms with Gasteiger partial charge in [-0.3, -0.25) is 4.79 Å². The largest absolute Gasteiger partial charge is 0.496 e. The summed E-state index contributed by atoms with van der Waals surface area (Å²) < 4.78 is 13.9. The Morgan fingerprint density at radius 2 is 1.91 bits per heavy atom. The van der Waals surface area contributed by atoms with Crippen LogP contribution in [0.2, 0.25) is 0 Å². The second kappa shape index (κ2) is 9.51. The molecule has 3 rings (SSSR count). The minimum atomic E-state index is -0.375. The first-order valence-electron chi connectivity index (χ1n) is 10.0. The molecule has 32 heavy (non-hydrogen) atoms. The molecular weight excluding hydrogens is 410 g/mol. The van der Waals surface area contributed by atoms with Gasteiger partial charge in [-0.15, -0.1) is 0 Å². The number of benzene rings is 2. The number of carbonyl (C=O) groups is 1. The van der Waals surface area contributed by atoms with Crippen LogP contribution >= 0.6 is 0 Å². The number of hydrogen-bond acceptors (Lipinski definition) is 7. The summed E-state index contributed by atoms with van der Waals surface area (Å²) in [6, 6.07) is 10.6. The molecule has 0 radical (unpaired) electrons. The van der Waals surface area contributed by atoms with Crippen LogP contribution in [0.5, 0.6) is 11.5 Å². The number of aryl methyl sites for hydroxylation is 2. The van der Waals surface area contributed by atoms with Gasteiger partial charge in [0.1, 0.15) is 18.1 Å². The molecule has 0 bridgehead atoms. The van der Waals surface area contributed by atoms with Crippen LogP contribution in [0.3, 0.4) is 0 Å². The van der Waals surface area contributed by atoms with Crippen molar-refractivity contribution < 1.29 is 14.3 Å². The maximum atomic E-state index is 12.6. The van der Waals surface area contributed by atoms with Crippen molar-refractivity contribution in [3.05, 3.63) is 75.3 Å². The zero-order valence-corrected chi connectivity index (χ0v) is 19.1. The molecule has 0 fully saturated rings. The second-order valence-electron chi connectivity index (χ2n) is 7.63. The first kappa shape index (κ1) is 22.8. The van der Waals surface area contributed by atoms with E-state index >= 15 is 0 Å². The molecule has 0 saturated carbocycles. The minimum Gasteiger partial charge on any atom is -0.496 e. The Morgan fingerprint density at radius 1 is 1.16 bits per heavy atom. The van der Waals surface area contributed by atoms with E-state index in [0.29, 0.717) is 33.9 Å². The lowest BCUT2D eigenvalue weighted by Crippen LogP contribution is -2.23. The number of hydrogen-bond donors (Lipinski definition) is 0. The number of allylic oxidation sites excluding steroid dienone is 1. The zero-order valence-electron chi connectivity index (χ0n) is 19.1. The maximum Gasteiger partial charge on any atom is 0.368 e. The molecule has 3 aromatic rings. The summed E-state index contributed by atoms with van der Waals surface area (Å²) in [7, 11) is 6.83. The quantitative estimate of drug-likeness (QED) is 0.395. The standard InChI is InChI=1S/C23H27N5O4/c1-15-12-17(22(29)16(2)13-26(3)4)10-11-20(15)32-14-18-19(8-7-9-21(18)31-6)28-23(30)27(5)24-25-28/h7-13H,14H2,1-6H3. The number of rotatable bonds is 8. The van der Waals surface area contributed by atoms with Crippen molar-refractivity contribution in [3.8, 4) is 17.2 Å². The number of ether oxygens (including phenoxy) is 2. The zero-order chi connectivity index (χ0) is 23.4. The molecule has 0 amide bonds. The normalized spacial score (nSPS) is 11.4. The third kappa shape index (κ3) is 4.72. The summed E-state index contributed by atoms with van der Waals surface area (Å²) in [4.78, 5) is 26.8. The van der Waals surface area contributed by atoms with Gasteiger partial charge in [0.25, 0.3) is 0 Å². The summed E-state index contributed by atoms with van der Waals surface area (Å²) in [6.07, 6.45) is 1.79. The summed E-state index contributed by atoms with van der Waals surface area (Å²) in [5, 5.41) is 7.70. The fourth-order valence-corrected chi connectivity index (χ4v) is 3.33. The van der Waals surface area contributed by atoms with Crippen LogP contribution in [-0.2, 0) is 13.7 Å². The molecule has 0 spiro atoms. The molecule has 0 aliphatic carbocycles. The van der Waals surface area contributed by atoms with Gasteiger partial charge in [-0.2, -0.15) is 9.36 Å². The van der Waals surface area contributed by atoms with Crippen molar-refractivity contribution in [2.45, 2.75) is 20.5 Å². The van der Waals surface area contributed by atoms with Gasteiger partial charge >= 0.3 is 5.69 Å². The highest BCUT2D eigenvalue weighted by atomic mass is 16.5. The highest BCUT2D eigenvalue weighted by Crippen LogP contribution is 2.28. The summed E-state index contributed by atoms with van der Waals surface area (Å²) in [5.74, 6) is 1.15. The molecule has 9 heteroatoms. The Kier molecular flexibility index (Phi) is 6.77. The van der Waals surface area contributed by atoms with Crippen molar-refractivity contribution >= 4 is 5.78 Å². The molecule has 1 heterocycles. The van der Waals surface area contributed by atoms with Gasteiger partial charge in [0, 0.05) is 38.5 Å².